The Hall–Kier alpha value is -9.82. The van der Waals surface area contributed by atoms with Crippen LogP contribution in [0, 0.1) is 64.2 Å². The number of aryl methyl sites for hydroxylation is 6. The van der Waals surface area contributed by atoms with Gasteiger partial charge in [-0.05, 0) is 133 Å². The summed E-state index contributed by atoms with van der Waals surface area (Å²) in [7, 11) is 0. The third-order valence-electron chi connectivity index (χ3n) is 15.9. The Morgan fingerprint density at radius 3 is 1.00 bits per heavy atom. The van der Waals surface area contributed by atoms with E-state index in [0.717, 1.165) is 154 Å². The molecule has 0 aliphatic heterocycles. The van der Waals surface area contributed by atoms with Gasteiger partial charge in [0.15, 0.2) is 0 Å². The predicted molar refractivity (Wildman–Crippen MR) is 309 cm³/mol. The molecule has 354 valence electrons. The molecule has 0 atom stereocenters. The molecule has 0 fully saturated rings. The molecule has 0 aliphatic carbocycles. The molecule has 75 heavy (non-hydrogen) atoms. The van der Waals surface area contributed by atoms with Crippen LogP contribution in [-0.4, -0.2) is 18.3 Å². The molecular formula is C68H46N6O. The Morgan fingerprint density at radius 1 is 0.280 bits per heavy atom. The molecule has 0 bridgehead atoms. The fraction of sp³-hybridized carbons (Fsp3) is 0.0882. The van der Waals surface area contributed by atoms with Gasteiger partial charge in [0.2, 0.25) is 0 Å². The third-order valence-corrected chi connectivity index (χ3v) is 15.9. The van der Waals surface area contributed by atoms with Crippen molar-refractivity contribution in [3.8, 4) is 34.9 Å². The summed E-state index contributed by atoms with van der Waals surface area (Å²) >= 11 is 0. The standard InChI is InChI=1S/C68H46N6O/c1-37-15-21-56-45(27-37)46-28-38(2)16-22-57(46)71(56)65-53(35-69)54(36-70)66(74-55-13-9-7-11-43(55)51-33-52-44-12-8-10-14-63(44)75-64(52)34-62(51)74)68(73-60-25-19-41(5)31-49(60)50-32-42(6)20-26-61(50)73)67(65)72-58-23-17-39(3)29-47(58)48-30-40(4)18-24-59(48)72/h7-34H,1-6H3. The maximum absolute atomic E-state index is 12.4. The number of nitrogens with zero attached hydrogens (tertiary/aromatic N) is 6. The quantitative estimate of drug-likeness (QED) is 0.176. The zero-order chi connectivity index (χ0) is 50.7. The van der Waals surface area contributed by atoms with E-state index in [0.29, 0.717) is 11.4 Å². The lowest BCUT2D eigenvalue weighted by Gasteiger charge is -2.28. The van der Waals surface area contributed by atoms with Gasteiger partial charge in [-0.25, -0.2) is 0 Å². The van der Waals surface area contributed by atoms with Gasteiger partial charge >= 0.3 is 0 Å². The number of hydrogen-bond acceptors (Lipinski definition) is 3. The number of furan rings is 1. The summed E-state index contributed by atoms with van der Waals surface area (Å²) in [6, 6.07) is 66.5. The zero-order valence-corrected chi connectivity index (χ0v) is 42.3. The van der Waals surface area contributed by atoms with Crippen LogP contribution in [0.4, 0.5) is 0 Å². The van der Waals surface area contributed by atoms with Gasteiger partial charge in [0.25, 0.3) is 0 Å². The van der Waals surface area contributed by atoms with Crippen LogP contribution in [0.1, 0.15) is 44.5 Å². The molecule has 7 nitrogen and oxygen atoms in total. The molecule has 10 aromatic carbocycles. The lowest BCUT2D eigenvalue weighted by molar-refractivity contribution is 0.669. The second-order valence-corrected chi connectivity index (χ2v) is 20.8. The van der Waals surface area contributed by atoms with E-state index >= 15 is 0 Å². The van der Waals surface area contributed by atoms with Gasteiger partial charge in [0, 0.05) is 59.9 Å². The van der Waals surface area contributed by atoms with Crippen LogP contribution in [0.15, 0.2) is 174 Å². The van der Waals surface area contributed by atoms with Gasteiger partial charge in [0.05, 0.1) is 78.0 Å². The molecule has 0 spiro atoms. The number of para-hydroxylation sites is 2. The molecule has 7 heteroatoms. The van der Waals surface area contributed by atoms with Crippen molar-refractivity contribution in [1.82, 2.24) is 18.3 Å². The van der Waals surface area contributed by atoms with E-state index in [9.17, 15) is 10.5 Å². The van der Waals surface area contributed by atoms with E-state index < -0.39 is 0 Å². The number of rotatable bonds is 4. The number of benzene rings is 10. The average Bonchev–Trinajstić information content (AvgIpc) is 4.22. The highest BCUT2D eigenvalue weighted by atomic mass is 16.3. The van der Waals surface area contributed by atoms with Crippen molar-refractivity contribution in [3.05, 3.63) is 214 Å². The predicted octanol–water partition coefficient (Wildman–Crippen LogP) is 17.6. The van der Waals surface area contributed by atoms with Gasteiger partial charge in [-0.3, -0.25) is 0 Å². The number of aromatic nitrogens is 4. The number of fused-ring (bicyclic) bond motifs is 15. The van der Waals surface area contributed by atoms with Gasteiger partial charge in [-0.2, -0.15) is 10.5 Å². The summed E-state index contributed by atoms with van der Waals surface area (Å²) in [6.07, 6.45) is 0. The molecule has 15 aromatic rings. The van der Waals surface area contributed by atoms with E-state index in [2.05, 4.69) is 224 Å². The minimum atomic E-state index is 0.259. The third kappa shape index (κ3) is 5.84. The van der Waals surface area contributed by atoms with Crippen LogP contribution in [0.2, 0.25) is 0 Å². The molecule has 0 unspecified atom stereocenters. The fourth-order valence-corrected chi connectivity index (χ4v) is 12.7. The van der Waals surface area contributed by atoms with E-state index in [-0.39, 0.29) is 11.1 Å². The van der Waals surface area contributed by atoms with Crippen LogP contribution in [0.5, 0.6) is 0 Å². The highest BCUT2D eigenvalue weighted by Crippen LogP contribution is 2.50. The van der Waals surface area contributed by atoms with Crippen molar-refractivity contribution in [1.29, 1.82) is 10.5 Å². The molecule has 0 saturated heterocycles. The minimum absolute atomic E-state index is 0.259. The maximum atomic E-state index is 12.4. The number of hydrogen-bond donors (Lipinski definition) is 0. The van der Waals surface area contributed by atoms with Crippen molar-refractivity contribution < 1.29 is 4.42 Å². The van der Waals surface area contributed by atoms with Gasteiger partial charge < -0.3 is 22.7 Å². The summed E-state index contributed by atoms with van der Waals surface area (Å²) in [4.78, 5) is 0. The lowest BCUT2D eigenvalue weighted by atomic mass is 9.98. The van der Waals surface area contributed by atoms with Gasteiger partial charge in [-0.1, -0.05) is 106 Å². The first kappa shape index (κ1) is 42.8. The highest BCUT2D eigenvalue weighted by Gasteiger charge is 2.35. The fourth-order valence-electron chi connectivity index (χ4n) is 12.7. The number of nitriles is 2. The van der Waals surface area contributed by atoms with E-state index in [1.165, 1.54) is 0 Å². The second-order valence-electron chi connectivity index (χ2n) is 20.8. The van der Waals surface area contributed by atoms with Crippen molar-refractivity contribution in [3.63, 3.8) is 0 Å². The van der Waals surface area contributed by atoms with Crippen molar-refractivity contribution in [2.45, 2.75) is 41.5 Å². The maximum Gasteiger partial charge on any atom is 0.137 e. The van der Waals surface area contributed by atoms with Crippen molar-refractivity contribution >= 4 is 109 Å². The Morgan fingerprint density at radius 2 is 0.600 bits per heavy atom. The molecule has 0 N–H and O–H groups in total. The van der Waals surface area contributed by atoms with E-state index in [1.54, 1.807) is 0 Å². The topological polar surface area (TPSA) is 80.4 Å². The average molecular weight is 963 g/mol. The summed E-state index contributed by atoms with van der Waals surface area (Å²) in [6.45, 7) is 12.8. The first-order chi connectivity index (χ1) is 36.6. The summed E-state index contributed by atoms with van der Waals surface area (Å²) < 4.78 is 16.0. The minimum Gasteiger partial charge on any atom is -0.456 e. The smallest absolute Gasteiger partial charge is 0.137 e. The molecule has 5 heterocycles. The van der Waals surface area contributed by atoms with Crippen LogP contribution in [0.25, 0.3) is 132 Å². The summed E-state index contributed by atoms with van der Waals surface area (Å²) in [5.74, 6) is 0. The van der Waals surface area contributed by atoms with Crippen molar-refractivity contribution in [2.24, 2.45) is 0 Å². The first-order valence-electron chi connectivity index (χ1n) is 25.5. The molecule has 0 amide bonds. The highest BCUT2D eigenvalue weighted by molar-refractivity contribution is 6.19. The Balaban J connectivity index is 1.29. The lowest BCUT2D eigenvalue weighted by Crippen LogP contribution is -2.17. The molecule has 0 aliphatic rings. The van der Waals surface area contributed by atoms with Crippen LogP contribution in [-0.2, 0) is 0 Å². The SMILES string of the molecule is Cc1ccc2c(c1)c1cc(C)ccc1n2-c1c(C#N)c(C#N)c(-n2c3ccccc3c3cc4c(cc32)oc2ccccc24)c(-n2c3ccc(C)cc3c3cc(C)ccc32)c1-n1c2ccc(C)cc2c2cc(C)ccc21. The molecular weight excluding hydrogens is 917 g/mol. The Kier molecular flexibility index (Phi) is 8.77. The van der Waals surface area contributed by atoms with Crippen molar-refractivity contribution in [2.75, 3.05) is 0 Å². The summed E-state index contributed by atoms with van der Waals surface area (Å²) in [5, 5.41) is 35.3. The normalized spacial score (nSPS) is 12.1. The summed E-state index contributed by atoms with van der Waals surface area (Å²) in [5.41, 5.74) is 19.2. The van der Waals surface area contributed by atoms with Crippen LogP contribution < -0.4 is 0 Å². The van der Waals surface area contributed by atoms with Crippen LogP contribution in [0.3, 0.4) is 0 Å². The second kappa shape index (κ2) is 15.4. The van der Waals surface area contributed by atoms with Crippen LogP contribution >= 0.6 is 0 Å². The largest absolute Gasteiger partial charge is 0.456 e. The van der Waals surface area contributed by atoms with E-state index in [4.69, 9.17) is 4.42 Å². The Labute approximate surface area is 431 Å². The molecule has 0 radical (unpaired) electrons. The van der Waals surface area contributed by atoms with E-state index in [1.807, 2.05) is 18.2 Å². The Bertz CT molecular complexity index is 4990. The molecule has 5 aromatic heterocycles. The molecule has 15 rings (SSSR count). The zero-order valence-electron chi connectivity index (χ0n) is 42.3. The first-order valence-corrected chi connectivity index (χ1v) is 25.5. The molecule has 0 saturated carbocycles. The monoisotopic (exact) mass is 962 g/mol. The van der Waals surface area contributed by atoms with Gasteiger partial charge in [0.1, 0.15) is 23.3 Å². The van der Waals surface area contributed by atoms with Gasteiger partial charge in [-0.15, -0.1) is 0 Å².